The second kappa shape index (κ2) is 6.47. The molecule has 0 aliphatic rings. The third kappa shape index (κ3) is 6.98. The number of primary sulfonamides is 1. The molecule has 0 radical (unpaired) electrons. The number of aromatic nitrogens is 2. The quantitative estimate of drug-likeness (QED) is 0.827. The standard InChI is InChI=1S/C7H11N3O2S.C2H6/c1-6-4-10-7(5-9-6)2-3-13(8,11)12;1-2/h4-5H,2-3H2,1H3,(H2,8,11,12);1-2H3. The highest BCUT2D eigenvalue weighted by molar-refractivity contribution is 7.89. The molecule has 0 saturated heterocycles. The molecule has 1 aromatic heterocycles. The van der Waals surface area contributed by atoms with E-state index in [1.54, 1.807) is 12.4 Å². The van der Waals surface area contributed by atoms with Gasteiger partial charge in [0.15, 0.2) is 0 Å². The Morgan fingerprint density at radius 1 is 1.27 bits per heavy atom. The van der Waals surface area contributed by atoms with Crippen LogP contribution in [0.25, 0.3) is 0 Å². The van der Waals surface area contributed by atoms with E-state index in [1.807, 2.05) is 20.8 Å². The van der Waals surface area contributed by atoms with Gasteiger partial charge in [-0.25, -0.2) is 13.6 Å². The molecule has 1 rings (SSSR count). The first-order valence-electron chi connectivity index (χ1n) is 4.75. The summed E-state index contributed by atoms with van der Waals surface area (Å²) in [6, 6.07) is 0. The van der Waals surface area contributed by atoms with E-state index in [1.165, 1.54) is 0 Å². The van der Waals surface area contributed by atoms with Gasteiger partial charge in [0, 0.05) is 18.8 Å². The summed E-state index contributed by atoms with van der Waals surface area (Å²) in [4.78, 5) is 7.98. The van der Waals surface area contributed by atoms with E-state index in [9.17, 15) is 8.42 Å². The van der Waals surface area contributed by atoms with Gasteiger partial charge in [-0.3, -0.25) is 9.97 Å². The van der Waals surface area contributed by atoms with Crippen molar-refractivity contribution < 1.29 is 8.42 Å². The molecule has 0 spiro atoms. The first-order valence-corrected chi connectivity index (χ1v) is 6.47. The van der Waals surface area contributed by atoms with Gasteiger partial charge < -0.3 is 0 Å². The van der Waals surface area contributed by atoms with Crippen molar-refractivity contribution in [2.24, 2.45) is 5.14 Å². The van der Waals surface area contributed by atoms with Crippen LogP contribution in [-0.2, 0) is 16.4 Å². The molecule has 0 aliphatic carbocycles. The molecule has 0 amide bonds. The third-order valence-corrected chi connectivity index (χ3v) is 2.25. The summed E-state index contributed by atoms with van der Waals surface area (Å²) in [6.07, 6.45) is 3.46. The normalized spacial score (nSPS) is 10.4. The Morgan fingerprint density at radius 2 is 1.87 bits per heavy atom. The maximum absolute atomic E-state index is 10.6. The van der Waals surface area contributed by atoms with Gasteiger partial charge in [-0.05, 0) is 6.92 Å². The van der Waals surface area contributed by atoms with E-state index in [-0.39, 0.29) is 5.75 Å². The summed E-state index contributed by atoms with van der Waals surface area (Å²) >= 11 is 0. The molecule has 6 heteroatoms. The molecule has 5 nitrogen and oxygen atoms in total. The van der Waals surface area contributed by atoms with Crippen molar-refractivity contribution in [3.8, 4) is 0 Å². The molecule has 0 aromatic carbocycles. The molecule has 15 heavy (non-hydrogen) atoms. The van der Waals surface area contributed by atoms with Crippen LogP contribution in [-0.4, -0.2) is 24.1 Å². The first-order chi connectivity index (χ1) is 6.97. The van der Waals surface area contributed by atoms with E-state index in [0.29, 0.717) is 12.1 Å². The van der Waals surface area contributed by atoms with Crippen LogP contribution in [0.2, 0.25) is 0 Å². The Bertz CT molecular complexity index is 373. The molecule has 86 valence electrons. The van der Waals surface area contributed by atoms with Crippen LogP contribution in [0.15, 0.2) is 12.4 Å². The van der Waals surface area contributed by atoms with Crippen LogP contribution in [0.3, 0.4) is 0 Å². The Balaban J connectivity index is 0.000000921. The molecule has 0 atom stereocenters. The lowest BCUT2D eigenvalue weighted by Gasteiger charge is -1.98. The molecule has 0 fully saturated rings. The van der Waals surface area contributed by atoms with Gasteiger partial charge in [0.1, 0.15) is 0 Å². The predicted molar refractivity (Wildman–Crippen MR) is 59.8 cm³/mol. The summed E-state index contributed by atoms with van der Waals surface area (Å²) in [5.74, 6) is -0.0925. The highest BCUT2D eigenvalue weighted by Gasteiger charge is 2.03. The Kier molecular flexibility index (Phi) is 6.03. The smallest absolute Gasteiger partial charge is 0.209 e. The van der Waals surface area contributed by atoms with Crippen molar-refractivity contribution in [3.63, 3.8) is 0 Å². The van der Waals surface area contributed by atoms with Crippen LogP contribution in [0.5, 0.6) is 0 Å². The second-order valence-corrected chi connectivity index (χ2v) is 4.50. The van der Waals surface area contributed by atoms with Crippen molar-refractivity contribution in [1.82, 2.24) is 9.97 Å². The lowest BCUT2D eigenvalue weighted by molar-refractivity contribution is 0.596. The third-order valence-electron chi connectivity index (χ3n) is 1.48. The van der Waals surface area contributed by atoms with Gasteiger partial charge in [-0.15, -0.1) is 0 Å². The predicted octanol–water partition coefficient (Wildman–Crippen LogP) is 0.642. The average Bonchev–Trinajstić information content (AvgIpc) is 2.19. The van der Waals surface area contributed by atoms with Crippen molar-refractivity contribution in [2.45, 2.75) is 27.2 Å². The summed E-state index contributed by atoms with van der Waals surface area (Å²) in [5.41, 5.74) is 1.44. The Hall–Kier alpha value is -1.01. The fraction of sp³-hybridized carbons (Fsp3) is 0.556. The SMILES string of the molecule is CC.Cc1cnc(CCS(N)(=O)=O)cn1. The van der Waals surface area contributed by atoms with Crippen LogP contribution in [0.4, 0.5) is 0 Å². The summed E-state index contributed by atoms with van der Waals surface area (Å²) in [6.45, 7) is 5.82. The van der Waals surface area contributed by atoms with Gasteiger partial charge in [0.25, 0.3) is 0 Å². The van der Waals surface area contributed by atoms with Gasteiger partial charge in [0.2, 0.25) is 10.0 Å². The lowest BCUT2D eigenvalue weighted by atomic mass is 10.3. The van der Waals surface area contributed by atoms with E-state index >= 15 is 0 Å². The molecular weight excluding hydrogens is 214 g/mol. The van der Waals surface area contributed by atoms with Crippen LogP contribution >= 0.6 is 0 Å². The van der Waals surface area contributed by atoms with Crippen molar-refractivity contribution >= 4 is 10.0 Å². The number of aryl methyl sites for hydroxylation is 2. The summed E-state index contributed by atoms with van der Waals surface area (Å²) < 4.78 is 21.2. The zero-order chi connectivity index (χ0) is 11.9. The fourth-order valence-electron chi connectivity index (χ4n) is 0.795. The van der Waals surface area contributed by atoms with Gasteiger partial charge in [-0.1, -0.05) is 13.8 Å². The van der Waals surface area contributed by atoms with Crippen molar-refractivity contribution in [3.05, 3.63) is 23.8 Å². The molecule has 2 N–H and O–H groups in total. The lowest BCUT2D eigenvalue weighted by Crippen LogP contribution is -2.18. The van der Waals surface area contributed by atoms with Gasteiger partial charge in [-0.2, -0.15) is 0 Å². The average molecular weight is 231 g/mol. The number of nitrogens with zero attached hydrogens (tertiary/aromatic N) is 2. The number of nitrogens with two attached hydrogens (primary N) is 1. The number of sulfonamides is 1. The zero-order valence-electron chi connectivity index (χ0n) is 9.27. The summed E-state index contributed by atoms with van der Waals surface area (Å²) in [7, 11) is -3.40. The van der Waals surface area contributed by atoms with E-state index in [4.69, 9.17) is 5.14 Å². The Labute approximate surface area is 90.8 Å². The number of hydrogen-bond acceptors (Lipinski definition) is 4. The minimum Gasteiger partial charge on any atom is -0.258 e. The van der Waals surface area contributed by atoms with Crippen molar-refractivity contribution in [1.29, 1.82) is 0 Å². The topological polar surface area (TPSA) is 85.9 Å². The molecule has 0 aliphatic heterocycles. The van der Waals surface area contributed by atoms with Crippen molar-refractivity contribution in [2.75, 3.05) is 5.75 Å². The van der Waals surface area contributed by atoms with E-state index < -0.39 is 10.0 Å². The minimum atomic E-state index is -3.40. The molecule has 0 bridgehead atoms. The molecule has 0 unspecified atom stereocenters. The highest BCUT2D eigenvalue weighted by atomic mass is 32.2. The van der Waals surface area contributed by atoms with Crippen LogP contribution < -0.4 is 5.14 Å². The second-order valence-electron chi connectivity index (χ2n) is 2.77. The van der Waals surface area contributed by atoms with E-state index in [0.717, 1.165) is 5.69 Å². The minimum absolute atomic E-state index is 0.0925. The molecule has 1 aromatic rings. The van der Waals surface area contributed by atoms with Crippen LogP contribution in [0.1, 0.15) is 25.2 Å². The molecular formula is C9H17N3O2S. The number of hydrogen-bond donors (Lipinski definition) is 1. The maximum atomic E-state index is 10.6. The maximum Gasteiger partial charge on any atom is 0.209 e. The first kappa shape index (κ1) is 14.0. The monoisotopic (exact) mass is 231 g/mol. The van der Waals surface area contributed by atoms with Gasteiger partial charge in [0.05, 0.1) is 17.1 Å². The van der Waals surface area contributed by atoms with Gasteiger partial charge >= 0.3 is 0 Å². The molecule has 0 saturated carbocycles. The Morgan fingerprint density at radius 3 is 2.27 bits per heavy atom. The fourth-order valence-corrected chi connectivity index (χ4v) is 1.29. The van der Waals surface area contributed by atoms with E-state index in [2.05, 4.69) is 9.97 Å². The number of rotatable bonds is 3. The summed E-state index contributed by atoms with van der Waals surface area (Å²) in [5, 5.41) is 4.84. The largest absolute Gasteiger partial charge is 0.258 e. The van der Waals surface area contributed by atoms with Crippen LogP contribution in [0, 0.1) is 6.92 Å². The highest BCUT2D eigenvalue weighted by Crippen LogP contribution is 1.96. The molecule has 1 heterocycles. The zero-order valence-corrected chi connectivity index (χ0v) is 10.1.